The lowest BCUT2D eigenvalue weighted by atomic mass is 9.96. The third kappa shape index (κ3) is 5.26. The third-order valence-corrected chi connectivity index (χ3v) is 8.41. The first kappa shape index (κ1) is 27.6. The Hall–Kier alpha value is -3.97. The van der Waals surface area contributed by atoms with E-state index in [-0.39, 0.29) is 18.0 Å². The summed E-state index contributed by atoms with van der Waals surface area (Å²) < 4.78 is 2.33. The highest BCUT2D eigenvalue weighted by Crippen LogP contribution is 2.41. The number of nitrogens with one attached hydrogen (secondary N) is 2. The maximum atomic E-state index is 13.1. The molecular weight excluding hydrogens is 514 g/mol. The molecule has 2 aromatic carbocycles. The molecular formula is C33H37N5OS. The summed E-state index contributed by atoms with van der Waals surface area (Å²) in [6, 6.07) is 22.4. The Bertz CT molecular complexity index is 1540. The van der Waals surface area contributed by atoms with Crippen LogP contribution < -0.4 is 10.6 Å². The Labute approximate surface area is 242 Å². The van der Waals surface area contributed by atoms with Crippen molar-refractivity contribution in [2.75, 3.05) is 11.9 Å². The number of benzene rings is 2. The Morgan fingerprint density at radius 2 is 1.80 bits per heavy atom. The van der Waals surface area contributed by atoms with Gasteiger partial charge in [0.15, 0.2) is 5.11 Å². The first-order valence-electron chi connectivity index (χ1n) is 13.9. The van der Waals surface area contributed by atoms with Gasteiger partial charge in [-0.2, -0.15) is 0 Å². The van der Waals surface area contributed by atoms with E-state index in [2.05, 4.69) is 84.0 Å². The van der Waals surface area contributed by atoms with Gasteiger partial charge >= 0.3 is 0 Å². The maximum absolute atomic E-state index is 13.1. The molecule has 0 radical (unpaired) electrons. The van der Waals surface area contributed by atoms with Gasteiger partial charge in [0.05, 0.1) is 17.8 Å². The Kier molecular flexibility index (Phi) is 8.03. The van der Waals surface area contributed by atoms with Gasteiger partial charge in [-0.1, -0.05) is 43.3 Å². The molecule has 2 aromatic heterocycles. The fourth-order valence-electron chi connectivity index (χ4n) is 5.81. The molecule has 5 rings (SSSR count). The summed E-state index contributed by atoms with van der Waals surface area (Å²) in [5.41, 5.74) is 10.1. The Balaban J connectivity index is 1.49. The fraction of sp³-hybridized carbons (Fsp3) is 0.303. The number of rotatable bonds is 8. The second kappa shape index (κ2) is 11.6. The number of para-hydroxylation sites is 1. The largest absolute Gasteiger partial charge is 0.352 e. The van der Waals surface area contributed by atoms with Crippen molar-refractivity contribution in [3.63, 3.8) is 0 Å². The molecule has 1 saturated heterocycles. The first-order valence-corrected chi connectivity index (χ1v) is 14.3. The molecule has 7 heteroatoms. The van der Waals surface area contributed by atoms with Crippen molar-refractivity contribution < 1.29 is 4.79 Å². The van der Waals surface area contributed by atoms with Crippen LogP contribution in [0.2, 0.25) is 0 Å². The number of nitrogens with zero attached hydrogens (tertiary/aromatic N) is 3. The third-order valence-electron chi connectivity index (χ3n) is 8.06. The molecule has 1 aliphatic heterocycles. The summed E-state index contributed by atoms with van der Waals surface area (Å²) >= 11 is 5.88. The van der Waals surface area contributed by atoms with E-state index in [0.717, 1.165) is 34.8 Å². The van der Waals surface area contributed by atoms with Gasteiger partial charge in [-0.25, -0.2) is 0 Å². The molecule has 0 spiro atoms. The van der Waals surface area contributed by atoms with Crippen molar-refractivity contribution in [2.45, 2.75) is 59.5 Å². The SMILES string of the molecule is CCc1ccccc1NC(=O)CCN1C(=S)N[C@H](c2ccccn2)[C@H]1c1cc(C)n(-c2cccc(C)c2C)c1C. The van der Waals surface area contributed by atoms with E-state index in [0.29, 0.717) is 18.1 Å². The van der Waals surface area contributed by atoms with Gasteiger partial charge < -0.3 is 20.1 Å². The summed E-state index contributed by atoms with van der Waals surface area (Å²) in [4.78, 5) is 19.9. The number of aryl methyl sites for hydroxylation is 3. The highest BCUT2D eigenvalue weighted by molar-refractivity contribution is 7.80. The normalized spacial score (nSPS) is 16.7. The van der Waals surface area contributed by atoms with E-state index in [4.69, 9.17) is 12.2 Å². The molecule has 0 unspecified atom stereocenters. The fourth-order valence-corrected chi connectivity index (χ4v) is 6.14. The number of anilines is 1. The second-order valence-corrected chi connectivity index (χ2v) is 10.9. The van der Waals surface area contributed by atoms with Crippen molar-refractivity contribution >= 4 is 28.9 Å². The van der Waals surface area contributed by atoms with Gasteiger partial charge in [-0.05, 0) is 98.9 Å². The first-order chi connectivity index (χ1) is 19.3. The molecule has 6 nitrogen and oxygen atoms in total. The van der Waals surface area contributed by atoms with E-state index in [9.17, 15) is 4.79 Å². The molecule has 1 aliphatic rings. The van der Waals surface area contributed by atoms with Gasteiger partial charge in [0, 0.05) is 41.9 Å². The summed E-state index contributed by atoms with van der Waals surface area (Å²) in [7, 11) is 0. The monoisotopic (exact) mass is 551 g/mol. The van der Waals surface area contributed by atoms with Crippen LogP contribution in [-0.4, -0.2) is 32.0 Å². The van der Waals surface area contributed by atoms with Crippen LogP contribution in [0.3, 0.4) is 0 Å². The van der Waals surface area contributed by atoms with E-state index in [1.54, 1.807) is 0 Å². The molecule has 1 amide bonds. The number of hydrogen-bond acceptors (Lipinski definition) is 3. The molecule has 1 fully saturated rings. The van der Waals surface area contributed by atoms with Crippen molar-refractivity contribution in [1.29, 1.82) is 0 Å². The van der Waals surface area contributed by atoms with Crippen molar-refractivity contribution in [3.05, 3.63) is 112 Å². The van der Waals surface area contributed by atoms with E-state index in [1.165, 1.54) is 22.4 Å². The van der Waals surface area contributed by atoms with Crippen LogP contribution in [0.5, 0.6) is 0 Å². The maximum Gasteiger partial charge on any atom is 0.226 e. The zero-order valence-corrected chi connectivity index (χ0v) is 24.7. The summed E-state index contributed by atoms with van der Waals surface area (Å²) in [5.74, 6) is -0.0235. The quantitative estimate of drug-likeness (QED) is 0.240. The van der Waals surface area contributed by atoms with Crippen LogP contribution in [0.15, 0.2) is 72.9 Å². The summed E-state index contributed by atoms with van der Waals surface area (Å²) in [6.07, 6.45) is 3.00. The average molecular weight is 552 g/mol. The number of pyridine rings is 1. The number of aromatic nitrogens is 2. The summed E-state index contributed by atoms with van der Waals surface area (Å²) in [6.45, 7) is 11.2. The van der Waals surface area contributed by atoms with Crippen molar-refractivity contribution in [3.8, 4) is 5.69 Å². The summed E-state index contributed by atoms with van der Waals surface area (Å²) in [5, 5.41) is 7.28. The van der Waals surface area contributed by atoms with Crippen LogP contribution in [0.25, 0.3) is 5.69 Å². The van der Waals surface area contributed by atoms with Crippen molar-refractivity contribution in [2.24, 2.45) is 0 Å². The molecule has 0 aliphatic carbocycles. The van der Waals surface area contributed by atoms with E-state index >= 15 is 0 Å². The molecule has 4 aromatic rings. The minimum absolute atomic E-state index is 0.0235. The predicted octanol–water partition coefficient (Wildman–Crippen LogP) is 6.67. The molecule has 2 atom stereocenters. The second-order valence-electron chi connectivity index (χ2n) is 10.5. The average Bonchev–Trinajstić information content (AvgIpc) is 3.44. The zero-order valence-electron chi connectivity index (χ0n) is 23.9. The van der Waals surface area contributed by atoms with Crippen LogP contribution in [0.4, 0.5) is 5.69 Å². The molecule has 40 heavy (non-hydrogen) atoms. The molecule has 0 bridgehead atoms. The van der Waals surface area contributed by atoms with Crippen LogP contribution in [0.1, 0.15) is 64.8 Å². The van der Waals surface area contributed by atoms with Gasteiger partial charge in [-0.3, -0.25) is 9.78 Å². The molecule has 2 N–H and O–H groups in total. The molecule has 3 heterocycles. The van der Waals surface area contributed by atoms with Crippen LogP contribution >= 0.6 is 12.2 Å². The van der Waals surface area contributed by atoms with Gasteiger partial charge in [-0.15, -0.1) is 0 Å². The lowest BCUT2D eigenvalue weighted by Gasteiger charge is -2.28. The number of carbonyl (C=O) groups excluding carboxylic acids is 1. The topological polar surface area (TPSA) is 62.2 Å². The highest BCUT2D eigenvalue weighted by atomic mass is 32.1. The number of carbonyl (C=O) groups is 1. The Morgan fingerprint density at radius 1 is 1.02 bits per heavy atom. The van der Waals surface area contributed by atoms with Crippen LogP contribution in [0, 0.1) is 27.7 Å². The smallest absolute Gasteiger partial charge is 0.226 e. The van der Waals surface area contributed by atoms with E-state index < -0.39 is 0 Å². The van der Waals surface area contributed by atoms with E-state index in [1.807, 2.05) is 48.7 Å². The molecule has 0 saturated carbocycles. The van der Waals surface area contributed by atoms with Gasteiger partial charge in [0.25, 0.3) is 0 Å². The number of hydrogen-bond donors (Lipinski definition) is 2. The van der Waals surface area contributed by atoms with Gasteiger partial charge in [0.2, 0.25) is 5.91 Å². The molecule has 206 valence electrons. The lowest BCUT2D eigenvalue weighted by Crippen LogP contribution is -2.33. The Morgan fingerprint density at radius 3 is 2.55 bits per heavy atom. The van der Waals surface area contributed by atoms with Crippen molar-refractivity contribution in [1.82, 2.24) is 19.8 Å². The minimum Gasteiger partial charge on any atom is -0.352 e. The van der Waals surface area contributed by atoms with Gasteiger partial charge in [0.1, 0.15) is 0 Å². The predicted molar refractivity (Wildman–Crippen MR) is 166 cm³/mol. The minimum atomic E-state index is -0.134. The highest BCUT2D eigenvalue weighted by Gasteiger charge is 2.41. The number of thiocarbonyl (C=S) groups is 1. The zero-order chi connectivity index (χ0) is 28.4. The lowest BCUT2D eigenvalue weighted by molar-refractivity contribution is -0.116. The standard InChI is InChI=1S/C33H37N5OS/c1-6-25-13-7-8-14-27(25)35-30(39)17-19-37-32(31(36-33(37)40)28-15-9-10-18-34-28)26-20-22(3)38(24(26)5)29-16-11-12-21(2)23(29)4/h7-16,18,20,31-32H,6,17,19H2,1-5H3,(H,35,39)(H,36,40)/t31-,32-/m1/s1. The number of amides is 1. The van der Waals surface area contributed by atoms with Crippen LogP contribution in [-0.2, 0) is 11.2 Å².